The van der Waals surface area contributed by atoms with E-state index in [1.807, 2.05) is 0 Å². The third-order valence-electron chi connectivity index (χ3n) is 3.19. The molecule has 1 aliphatic carbocycles. The lowest BCUT2D eigenvalue weighted by molar-refractivity contribution is -0.119. The van der Waals surface area contributed by atoms with Crippen LogP contribution in [-0.2, 0) is 17.6 Å². The molecule has 1 aliphatic rings. The topological polar surface area (TPSA) is 29.1 Å². The van der Waals surface area contributed by atoms with Crippen molar-refractivity contribution in [3.63, 3.8) is 0 Å². The van der Waals surface area contributed by atoms with Crippen LogP contribution in [0.4, 0.5) is 0 Å². The maximum atomic E-state index is 11.2. The molecular weight excluding hydrogens is 298 g/mol. The summed E-state index contributed by atoms with van der Waals surface area (Å²) < 4.78 is 2.50. The van der Waals surface area contributed by atoms with Crippen LogP contribution in [0.1, 0.15) is 18.1 Å². The maximum absolute atomic E-state index is 11.2. The van der Waals surface area contributed by atoms with Gasteiger partial charge in [0.25, 0.3) is 0 Å². The molecule has 1 N–H and O–H groups in total. The number of nitrogens with one attached hydrogen (secondary N) is 1. The van der Waals surface area contributed by atoms with E-state index in [0.29, 0.717) is 0 Å². The third kappa shape index (κ3) is 1.89. The summed E-state index contributed by atoms with van der Waals surface area (Å²) >= 11 is 5.40. The molecule has 0 saturated carbocycles. The molecular formula is C13H12BrNOS. The van der Waals surface area contributed by atoms with Crippen LogP contribution in [0.2, 0.25) is 0 Å². The highest BCUT2D eigenvalue weighted by Crippen LogP contribution is 2.38. The molecule has 3 rings (SSSR count). The first-order valence-corrected chi connectivity index (χ1v) is 7.27. The Kier molecular flexibility index (Phi) is 2.71. The van der Waals surface area contributed by atoms with Crippen LogP contribution in [0.5, 0.6) is 0 Å². The van der Waals surface area contributed by atoms with Crippen molar-refractivity contribution in [1.29, 1.82) is 0 Å². The molecule has 0 aliphatic heterocycles. The normalized spacial score (nSPS) is 18.4. The number of thiophene rings is 1. The molecule has 1 unspecified atom stereocenters. The highest BCUT2D eigenvalue weighted by molar-refractivity contribution is 9.10. The van der Waals surface area contributed by atoms with Crippen molar-refractivity contribution in [3.8, 4) is 0 Å². The molecule has 88 valence electrons. The second-order valence-corrected chi connectivity index (χ2v) is 6.23. The van der Waals surface area contributed by atoms with Crippen molar-refractivity contribution >= 4 is 43.3 Å². The number of amides is 1. The van der Waals surface area contributed by atoms with Crippen LogP contribution < -0.4 is 5.32 Å². The molecule has 1 heterocycles. The number of benzene rings is 1. The standard InChI is InChI=1S/C13H12BrNOS/c1-7(16)15-9-4-8-6-17-12-3-2-11(14)10(5-9)13(8)12/h2-3,6,9H,4-5H2,1H3,(H,15,16). The lowest BCUT2D eigenvalue weighted by Gasteiger charge is -2.24. The summed E-state index contributed by atoms with van der Waals surface area (Å²) in [6.45, 7) is 1.58. The van der Waals surface area contributed by atoms with Gasteiger partial charge >= 0.3 is 0 Å². The second kappa shape index (κ2) is 4.10. The van der Waals surface area contributed by atoms with Gasteiger partial charge in [0.2, 0.25) is 5.91 Å². The Morgan fingerprint density at radius 3 is 3.06 bits per heavy atom. The van der Waals surface area contributed by atoms with Gasteiger partial charge in [0.1, 0.15) is 0 Å². The molecule has 2 nitrogen and oxygen atoms in total. The minimum absolute atomic E-state index is 0.0528. The lowest BCUT2D eigenvalue weighted by Crippen LogP contribution is -2.38. The predicted molar refractivity (Wildman–Crippen MR) is 74.5 cm³/mol. The van der Waals surface area contributed by atoms with Gasteiger partial charge in [0.15, 0.2) is 0 Å². The van der Waals surface area contributed by atoms with E-state index in [0.717, 1.165) is 17.3 Å². The van der Waals surface area contributed by atoms with E-state index in [1.165, 1.54) is 21.2 Å². The van der Waals surface area contributed by atoms with Crippen molar-refractivity contribution in [2.45, 2.75) is 25.8 Å². The fourth-order valence-corrected chi connectivity index (χ4v) is 4.06. The largest absolute Gasteiger partial charge is 0.353 e. The van der Waals surface area contributed by atoms with Crippen LogP contribution >= 0.6 is 27.3 Å². The van der Waals surface area contributed by atoms with Crippen molar-refractivity contribution in [1.82, 2.24) is 5.32 Å². The summed E-state index contributed by atoms with van der Waals surface area (Å²) in [5.74, 6) is 0.0528. The lowest BCUT2D eigenvalue weighted by atomic mass is 9.89. The zero-order valence-electron chi connectivity index (χ0n) is 9.42. The van der Waals surface area contributed by atoms with E-state index in [-0.39, 0.29) is 11.9 Å². The Hall–Kier alpha value is -0.870. The quantitative estimate of drug-likeness (QED) is 0.860. The molecule has 1 atom stereocenters. The smallest absolute Gasteiger partial charge is 0.217 e. The summed E-state index contributed by atoms with van der Waals surface area (Å²) in [5.41, 5.74) is 2.70. The van der Waals surface area contributed by atoms with Crippen molar-refractivity contribution in [3.05, 3.63) is 33.1 Å². The van der Waals surface area contributed by atoms with Crippen molar-refractivity contribution in [2.24, 2.45) is 0 Å². The minimum Gasteiger partial charge on any atom is -0.353 e. The first kappa shape index (κ1) is 11.2. The Morgan fingerprint density at radius 2 is 2.29 bits per heavy atom. The van der Waals surface area contributed by atoms with Gasteiger partial charge in [-0.2, -0.15) is 0 Å². The van der Waals surface area contributed by atoms with E-state index in [4.69, 9.17) is 0 Å². The summed E-state index contributed by atoms with van der Waals surface area (Å²) in [6.07, 6.45) is 1.87. The average molecular weight is 310 g/mol. The predicted octanol–water partition coefficient (Wildman–Crippen LogP) is 3.27. The SMILES string of the molecule is CC(=O)NC1Cc2csc3ccc(Br)c(c23)C1. The van der Waals surface area contributed by atoms with Gasteiger partial charge in [-0.25, -0.2) is 0 Å². The first-order valence-electron chi connectivity index (χ1n) is 5.59. The van der Waals surface area contributed by atoms with E-state index in [1.54, 1.807) is 18.3 Å². The molecule has 0 saturated heterocycles. The highest BCUT2D eigenvalue weighted by Gasteiger charge is 2.23. The van der Waals surface area contributed by atoms with Crippen LogP contribution in [-0.4, -0.2) is 11.9 Å². The van der Waals surface area contributed by atoms with Gasteiger partial charge in [-0.3, -0.25) is 4.79 Å². The Balaban J connectivity index is 2.09. The van der Waals surface area contributed by atoms with Crippen molar-refractivity contribution < 1.29 is 4.79 Å². The minimum atomic E-state index is 0.0528. The van der Waals surface area contributed by atoms with E-state index >= 15 is 0 Å². The number of halogens is 1. The first-order chi connectivity index (χ1) is 8.15. The Bertz CT molecular complexity index is 605. The Labute approximate surface area is 112 Å². The van der Waals surface area contributed by atoms with E-state index in [2.05, 4.69) is 38.8 Å². The molecule has 1 aromatic carbocycles. The molecule has 1 amide bonds. The second-order valence-electron chi connectivity index (χ2n) is 4.47. The van der Waals surface area contributed by atoms with Crippen LogP contribution in [0.25, 0.3) is 10.1 Å². The van der Waals surface area contributed by atoms with E-state index < -0.39 is 0 Å². The van der Waals surface area contributed by atoms with Gasteiger partial charge in [0, 0.05) is 27.5 Å². The van der Waals surface area contributed by atoms with Gasteiger partial charge in [-0.15, -0.1) is 11.3 Å². The van der Waals surface area contributed by atoms with Gasteiger partial charge in [-0.05, 0) is 41.5 Å². The molecule has 17 heavy (non-hydrogen) atoms. The van der Waals surface area contributed by atoms with Gasteiger partial charge in [-0.1, -0.05) is 15.9 Å². The zero-order valence-corrected chi connectivity index (χ0v) is 11.8. The summed E-state index contributed by atoms with van der Waals surface area (Å²) in [7, 11) is 0. The Morgan fingerprint density at radius 1 is 1.47 bits per heavy atom. The summed E-state index contributed by atoms with van der Waals surface area (Å²) in [5, 5.41) is 6.64. The number of rotatable bonds is 1. The summed E-state index contributed by atoms with van der Waals surface area (Å²) in [6, 6.07) is 4.50. The summed E-state index contributed by atoms with van der Waals surface area (Å²) in [4.78, 5) is 11.2. The fourth-order valence-electron chi connectivity index (χ4n) is 2.57. The molecule has 1 aromatic heterocycles. The number of carbonyl (C=O) groups excluding carboxylic acids is 1. The highest BCUT2D eigenvalue weighted by atomic mass is 79.9. The molecule has 0 radical (unpaired) electrons. The maximum Gasteiger partial charge on any atom is 0.217 e. The molecule has 0 spiro atoms. The van der Waals surface area contributed by atoms with Gasteiger partial charge in [0.05, 0.1) is 0 Å². The monoisotopic (exact) mass is 309 g/mol. The van der Waals surface area contributed by atoms with Gasteiger partial charge < -0.3 is 5.32 Å². The van der Waals surface area contributed by atoms with Crippen LogP contribution in [0.15, 0.2) is 22.0 Å². The molecule has 0 fully saturated rings. The third-order valence-corrected chi connectivity index (χ3v) is 4.93. The van der Waals surface area contributed by atoms with Crippen LogP contribution in [0, 0.1) is 0 Å². The molecule has 0 bridgehead atoms. The zero-order chi connectivity index (χ0) is 12.0. The number of hydrogen-bond acceptors (Lipinski definition) is 2. The molecule has 4 heteroatoms. The fraction of sp³-hybridized carbons (Fsp3) is 0.308. The molecule has 2 aromatic rings. The van der Waals surface area contributed by atoms with E-state index in [9.17, 15) is 4.79 Å². The van der Waals surface area contributed by atoms with Crippen molar-refractivity contribution in [2.75, 3.05) is 0 Å². The number of hydrogen-bond donors (Lipinski definition) is 1. The number of carbonyl (C=O) groups is 1. The van der Waals surface area contributed by atoms with Crippen LogP contribution in [0.3, 0.4) is 0 Å². The average Bonchev–Trinajstić information content (AvgIpc) is 2.67.